The minimum absolute atomic E-state index is 0.0426. The molecule has 1 aromatic heterocycles. The largest absolute Gasteiger partial charge is 0.264 e. The number of anilines is 1. The molecule has 7 heteroatoms. The van der Waals surface area contributed by atoms with E-state index in [2.05, 4.69) is 25.6 Å². The van der Waals surface area contributed by atoms with E-state index in [1.54, 1.807) is 19.1 Å². The molecule has 2 aromatic rings. The lowest BCUT2D eigenvalue weighted by molar-refractivity contribution is 0.598. The zero-order valence-electron chi connectivity index (χ0n) is 9.89. The van der Waals surface area contributed by atoms with Gasteiger partial charge in [-0.1, -0.05) is 6.07 Å². The van der Waals surface area contributed by atoms with Gasteiger partial charge < -0.3 is 0 Å². The predicted octanol–water partition coefficient (Wildman–Crippen LogP) is 3.09. The fourth-order valence-electron chi connectivity index (χ4n) is 1.47. The molecule has 0 saturated heterocycles. The summed E-state index contributed by atoms with van der Waals surface area (Å²) >= 11 is 3.04. The van der Waals surface area contributed by atoms with Gasteiger partial charge in [0.1, 0.15) is 16.5 Å². The molecule has 4 nitrogen and oxygen atoms in total. The van der Waals surface area contributed by atoms with Crippen molar-refractivity contribution in [1.29, 1.82) is 0 Å². The number of hydrogen-bond acceptors (Lipinski definition) is 3. The van der Waals surface area contributed by atoms with Gasteiger partial charge in [-0.15, -0.1) is 0 Å². The lowest BCUT2D eigenvalue weighted by Gasteiger charge is -2.10. The van der Waals surface area contributed by atoms with Crippen LogP contribution < -0.4 is 4.72 Å². The minimum Gasteiger partial charge on any atom is -0.263 e. The van der Waals surface area contributed by atoms with Gasteiger partial charge in [0, 0.05) is 10.7 Å². The van der Waals surface area contributed by atoms with E-state index in [0.29, 0.717) is 5.56 Å². The number of sulfonamides is 1. The summed E-state index contributed by atoms with van der Waals surface area (Å²) in [6, 6.07) is 6.83. The number of rotatable bonds is 3. The average molecular weight is 345 g/mol. The smallest absolute Gasteiger partial charge is 0.263 e. The second kappa shape index (κ2) is 5.26. The molecule has 0 saturated carbocycles. The van der Waals surface area contributed by atoms with Gasteiger partial charge in [0.05, 0.1) is 0 Å². The van der Waals surface area contributed by atoms with Crippen LogP contribution in [0, 0.1) is 12.7 Å². The standard InChI is InChI=1S/C12H10BrFN2O2S/c1-8-3-2-6-15-12(8)16-19(17,18)11-5-4-9(14)7-10(11)13/h2-7H,1H3,(H,15,16). The van der Waals surface area contributed by atoms with E-state index >= 15 is 0 Å². The highest BCUT2D eigenvalue weighted by molar-refractivity contribution is 9.10. The van der Waals surface area contributed by atoms with Crippen molar-refractivity contribution in [3.05, 3.63) is 52.4 Å². The average Bonchev–Trinajstić information content (AvgIpc) is 2.31. The highest BCUT2D eigenvalue weighted by Gasteiger charge is 2.19. The molecule has 0 atom stereocenters. The second-order valence-electron chi connectivity index (χ2n) is 3.85. The highest BCUT2D eigenvalue weighted by Crippen LogP contribution is 2.25. The molecule has 0 amide bonds. The first-order chi connectivity index (χ1) is 8.90. The van der Waals surface area contributed by atoms with Crippen molar-refractivity contribution in [3.8, 4) is 0 Å². The summed E-state index contributed by atoms with van der Waals surface area (Å²) in [4.78, 5) is 3.91. The Morgan fingerprint density at radius 3 is 2.68 bits per heavy atom. The zero-order valence-corrected chi connectivity index (χ0v) is 12.3. The molecular formula is C12H10BrFN2O2S. The Morgan fingerprint density at radius 2 is 2.05 bits per heavy atom. The first-order valence-corrected chi connectivity index (χ1v) is 7.57. The first kappa shape index (κ1) is 14.0. The van der Waals surface area contributed by atoms with Crippen molar-refractivity contribution >= 4 is 31.8 Å². The second-order valence-corrected chi connectivity index (χ2v) is 6.35. The van der Waals surface area contributed by atoms with E-state index < -0.39 is 15.8 Å². The summed E-state index contributed by atoms with van der Waals surface area (Å²) in [5.41, 5.74) is 0.698. The first-order valence-electron chi connectivity index (χ1n) is 5.29. The molecule has 0 unspecified atom stereocenters. The Kier molecular flexibility index (Phi) is 3.86. The number of nitrogens with one attached hydrogen (secondary N) is 1. The maximum absolute atomic E-state index is 13.0. The van der Waals surface area contributed by atoms with Crippen LogP contribution in [-0.2, 0) is 10.0 Å². The molecule has 1 aromatic carbocycles. The van der Waals surface area contributed by atoms with Gasteiger partial charge in [0.15, 0.2) is 0 Å². The Hall–Kier alpha value is -1.47. The van der Waals surface area contributed by atoms with Crippen LogP contribution in [0.15, 0.2) is 45.9 Å². The predicted molar refractivity (Wildman–Crippen MR) is 73.9 cm³/mol. The minimum atomic E-state index is -3.81. The molecule has 100 valence electrons. The van der Waals surface area contributed by atoms with Crippen molar-refractivity contribution in [2.75, 3.05) is 4.72 Å². The van der Waals surface area contributed by atoms with E-state index in [-0.39, 0.29) is 15.2 Å². The number of aryl methyl sites for hydroxylation is 1. The summed E-state index contributed by atoms with van der Waals surface area (Å²) in [6.45, 7) is 1.74. The maximum atomic E-state index is 13.0. The summed E-state index contributed by atoms with van der Waals surface area (Å²) in [7, 11) is -3.81. The quantitative estimate of drug-likeness (QED) is 0.930. The van der Waals surface area contributed by atoms with E-state index in [9.17, 15) is 12.8 Å². The molecular weight excluding hydrogens is 335 g/mol. The molecule has 0 radical (unpaired) electrons. The van der Waals surface area contributed by atoms with E-state index in [1.807, 2.05) is 0 Å². The lowest BCUT2D eigenvalue weighted by atomic mass is 10.3. The Labute approximate surface area is 118 Å². The van der Waals surface area contributed by atoms with Crippen LogP contribution >= 0.6 is 15.9 Å². The monoisotopic (exact) mass is 344 g/mol. The third-order valence-corrected chi connectivity index (χ3v) is 4.74. The highest BCUT2D eigenvalue weighted by atomic mass is 79.9. The van der Waals surface area contributed by atoms with Crippen LogP contribution in [0.25, 0.3) is 0 Å². The van der Waals surface area contributed by atoms with Gasteiger partial charge in [-0.25, -0.2) is 17.8 Å². The summed E-state index contributed by atoms with van der Waals surface area (Å²) in [5.74, 6) is -0.265. The molecule has 0 spiro atoms. The summed E-state index contributed by atoms with van der Waals surface area (Å²) in [5, 5.41) is 0. The Balaban J connectivity index is 2.41. The lowest BCUT2D eigenvalue weighted by Crippen LogP contribution is -2.15. The number of benzene rings is 1. The fraction of sp³-hybridized carbons (Fsp3) is 0.0833. The van der Waals surface area contributed by atoms with Gasteiger partial charge in [0.2, 0.25) is 0 Å². The van der Waals surface area contributed by atoms with Gasteiger partial charge in [-0.2, -0.15) is 0 Å². The van der Waals surface area contributed by atoms with E-state index in [4.69, 9.17) is 0 Å². The number of aromatic nitrogens is 1. The van der Waals surface area contributed by atoms with E-state index in [0.717, 1.165) is 12.1 Å². The number of pyridine rings is 1. The molecule has 0 aliphatic carbocycles. The summed E-state index contributed by atoms with van der Waals surface area (Å²) in [6.07, 6.45) is 1.49. The van der Waals surface area contributed by atoms with E-state index in [1.165, 1.54) is 12.3 Å². The normalized spacial score (nSPS) is 11.3. The van der Waals surface area contributed by atoms with Crippen LogP contribution in [0.1, 0.15) is 5.56 Å². The Bertz CT molecular complexity index is 719. The van der Waals surface area contributed by atoms with Gasteiger partial charge in [-0.05, 0) is 52.7 Å². The van der Waals surface area contributed by atoms with Crippen molar-refractivity contribution in [2.45, 2.75) is 11.8 Å². The van der Waals surface area contributed by atoms with Gasteiger partial charge in [-0.3, -0.25) is 4.72 Å². The molecule has 1 N–H and O–H groups in total. The van der Waals surface area contributed by atoms with Crippen molar-refractivity contribution in [1.82, 2.24) is 4.98 Å². The third kappa shape index (κ3) is 3.10. The van der Waals surface area contributed by atoms with Crippen molar-refractivity contribution < 1.29 is 12.8 Å². The molecule has 2 rings (SSSR count). The molecule has 0 fully saturated rings. The van der Waals surface area contributed by atoms with Crippen LogP contribution in [0.2, 0.25) is 0 Å². The maximum Gasteiger partial charge on any atom is 0.264 e. The van der Waals surface area contributed by atoms with Crippen LogP contribution in [-0.4, -0.2) is 13.4 Å². The zero-order chi connectivity index (χ0) is 14.0. The van der Waals surface area contributed by atoms with Gasteiger partial charge >= 0.3 is 0 Å². The van der Waals surface area contributed by atoms with Crippen LogP contribution in [0.3, 0.4) is 0 Å². The topological polar surface area (TPSA) is 59.1 Å². The summed E-state index contributed by atoms with van der Waals surface area (Å²) < 4.78 is 39.9. The SMILES string of the molecule is Cc1cccnc1NS(=O)(=O)c1ccc(F)cc1Br. The number of halogens is 2. The third-order valence-electron chi connectivity index (χ3n) is 2.42. The molecule has 0 bridgehead atoms. The van der Waals surface area contributed by atoms with Crippen LogP contribution in [0.5, 0.6) is 0 Å². The molecule has 19 heavy (non-hydrogen) atoms. The van der Waals surface area contributed by atoms with Crippen LogP contribution in [0.4, 0.5) is 10.2 Å². The van der Waals surface area contributed by atoms with Crippen molar-refractivity contribution in [2.24, 2.45) is 0 Å². The molecule has 1 heterocycles. The molecule has 0 aliphatic heterocycles. The number of nitrogens with zero attached hydrogens (tertiary/aromatic N) is 1. The fourth-order valence-corrected chi connectivity index (χ4v) is 3.60. The Morgan fingerprint density at radius 1 is 1.32 bits per heavy atom. The molecule has 0 aliphatic rings. The van der Waals surface area contributed by atoms with Gasteiger partial charge in [0.25, 0.3) is 10.0 Å². The van der Waals surface area contributed by atoms with Crippen molar-refractivity contribution in [3.63, 3.8) is 0 Å². The number of hydrogen-bond donors (Lipinski definition) is 1.